The summed E-state index contributed by atoms with van der Waals surface area (Å²) in [5.41, 5.74) is 2.72. The second-order valence-corrected chi connectivity index (χ2v) is 11.1. The van der Waals surface area contributed by atoms with Crippen molar-refractivity contribution in [2.75, 3.05) is 11.4 Å². The maximum atomic E-state index is 13.4. The van der Waals surface area contributed by atoms with Crippen molar-refractivity contribution in [1.29, 1.82) is 0 Å². The number of anilines is 1. The summed E-state index contributed by atoms with van der Waals surface area (Å²) in [7, 11) is -3.89. The smallest absolute Gasteiger partial charge is 0.253 e. The van der Waals surface area contributed by atoms with Crippen molar-refractivity contribution in [2.45, 2.75) is 55.7 Å². The topological polar surface area (TPSA) is 74.8 Å². The predicted molar refractivity (Wildman–Crippen MR) is 121 cm³/mol. The van der Waals surface area contributed by atoms with Gasteiger partial charge in [-0.05, 0) is 62.6 Å². The molecule has 1 aromatic carbocycles. The Morgan fingerprint density at radius 1 is 1.13 bits per heavy atom. The average Bonchev–Trinajstić information content (AvgIpc) is 3.39. The van der Waals surface area contributed by atoms with Gasteiger partial charge in [0.05, 0.1) is 12.1 Å². The first-order valence-corrected chi connectivity index (χ1v) is 12.9. The van der Waals surface area contributed by atoms with Crippen LogP contribution in [0.1, 0.15) is 44.1 Å². The van der Waals surface area contributed by atoms with Gasteiger partial charge in [-0.1, -0.05) is 35.4 Å². The van der Waals surface area contributed by atoms with Gasteiger partial charge in [-0.15, -0.1) is 11.3 Å². The zero-order chi connectivity index (χ0) is 22.0. The molecule has 0 bridgehead atoms. The molecule has 0 spiro atoms. The Kier molecular flexibility index (Phi) is 6.41. The minimum atomic E-state index is -3.89. The number of aryl methyl sites for hydroxylation is 1. The molecule has 1 saturated heterocycles. The minimum Gasteiger partial charge on any atom is -0.274 e. The molecule has 1 aliphatic carbocycles. The number of hydrogen-bond acceptors (Lipinski definition) is 5. The van der Waals surface area contributed by atoms with Crippen LogP contribution in [0.15, 0.2) is 57.6 Å². The molecule has 2 amide bonds. The highest BCUT2D eigenvalue weighted by Crippen LogP contribution is 2.32. The highest BCUT2D eigenvalue weighted by atomic mass is 32.2. The Hall–Kier alpha value is -2.29. The molecule has 1 fully saturated rings. The molecular formula is C23H26N2O4S2. The molecular weight excluding hydrogens is 432 g/mol. The van der Waals surface area contributed by atoms with E-state index in [0.29, 0.717) is 12.1 Å². The van der Waals surface area contributed by atoms with Crippen LogP contribution in [0.2, 0.25) is 0 Å². The van der Waals surface area contributed by atoms with Crippen molar-refractivity contribution < 1.29 is 18.0 Å². The highest BCUT2D eigenvalue weighted by Gasteiger charge is 2.47. The lowest BCUT2D eigenvalue weighted by Gasteiger charge is -2.27. The number of imide groups is 1. The lowest BCUT2D eigenvalue weighted by atomic mass is 9.97. The molecule has 0 saturated carbocycles. The van der Waals surface area contributed by atoms with Gasteiger partial charge in [-0.3, -0.25) is 9.59 Å². The van der Waals surface area contributed by atoms with Crippen LogP contribution in [0.3, 0.4) is 0 Å². The fourth-order valence-corrected chi connectivity index (χ4v) is 6.86. The summed E-state index contributed by atoms with van der Waals surface area (Å²) in [6.45, 7) is 2.12. The molecule has 0 radical (unpaired) electrons. The Bertz CT molecular complexity index is 1090. The molecule has 2 heterocycles. The molecule has 0 N–H and O–H groups in total. The first-order valence-electron chi connectivity index (χ1n) is 10.5. The first kappa shape index (κ1) is 21.9. The number of thiophene rings is 1. The van der Waals surface area contributed by atoms with Gasteiger partial charge in [0.25, 0.3) is 15.9 Å². The van der Waals surface area contributed by atoms with E-state index in [1.165, 1.54) is 9.88 Å². The fourth-order valence-electron chi connectivity index (χ4n) is 4.16. The Balaban J connectivity index is 1.64. The summed E-state index contributed by atoms with van der Waals surface area (Å²) in [5.74, 6) is -0.853. The quantitative estimate of drug-likeness (QED) is 0.459. The molecule has 1 unspecified atom stereocenters. The van der Waals surface area contributed by atoms with Crippen molar-refractivity contribution in [3.8, 4) is 0 Å². The summed E-state index contributed by atoms with van der Waals surface area (Å²) >= 11 is 1.13. The third kappa shape index (κ3) is 4.51. The monoisotopic (exact) mass is 458 g/mol. The van der Waals surface area contributed by atoms with E-state index in [0.717, 1.165) is 47.5 Å². The standard InChI is InChI=1S/C23H26N2O4S2/c1-17-9-11-19(12-10-17)25-21(26)16-20(23(25)27)24(14-13-18-6-3-2-4-7-18)31(28,29)22-8-5-15-30-22/h5-6,8-12,15,20H,2-4,7,13-14,16H2,1H3. The van der Waals surface area contributed by atoms with E-state index < -0.39 is 22.0 Å². The molecule has 8 heteroatoms. The van der Waals surface area contributed by atoms with Crippen molar-refractivity contribution in [3.63, 3.8) is 0 Å². The SMILES string of the molecule is Cc1ccc(N2C(=O)CC(N(CCC3=CCCCC3)S(=O)(=O)c3cccs3)C2=O)cc1. The molecule has 2 aromatic rings. The number of carbonyl (C=O) groups excluding carboxylic acids is 2. The van der Waals surface area contributed by atoms with Gasteiger partial charge >= 0.3 is 0 Å². The lowest BCUT2D eigenvalue weighted by Crippen LogP contribution is -2.45. The van der Waals surface area contributed by atoms with E-state index in [4.69, 9.17) is 0 Å². The van der Waals surface area contributed by atoms with Crippen LogP contribution in [-0.2, 0) is 19.6 Å². The van der Waals surface area contributed by atoms with Crippen LogP contribution < -0.4 is 4.90 Å². The molecule has 31 heavy (non-hydrogen) atoms. The molecule has 1 aliphatic heterocycles. The first-order chi connectivity index (χ1) is 14.9. The summed E-state index contributed by atoms with van der Waals surface area (Å²) in [4.78, 5) is 27.2. The summed E-state index contributed by atoms with van der Waals surface area (Å²) in [6, 6.07) is 9.31. The molecule has 2 aliphatic rings. The zero-order valence-electron chi connectivity index (χ0n) is 17.5. The van der Waals surface area contributed by atoms with Crippen LogP contribution in [0, 0.1) is 6.92 Å². The molecule has 1 aromatic heterocycles. The van der Waals surface area contributed by atoms with Crippen LogP contribution >= 0.6 is 11.3 Å². The van der Waals surface area contributed by atoms with E-state index in [9.17, 15) is 18.0 Å². The number of amides is 2. The molecule has 1 atom stereocenters. The number of benzene rings is 1. The van der Waals surface area contributed by atoms with Gasteiger partial charge in [0.2, 0.25) is 5.91 Å². The van der Waals surface area contributed by atoms with Gasteiger partial charge in [-0.2, -0.15) is 4.31 Å². The second kappa shape index (κ2) is 9.06. The van der Waals surface area contributed by atoms with Crippen molar-refractivity contribution in [2.24, 2.45) is 0 Å². The number of sulfonamides is 1. The number of allylic oxidation sites excluding steroid dienone is 1. The van der Waals surface area contributed by atoms with Crippen LogP contribution in [0.25, 0.3) is 0 Å². The van der Waals surface area contributed by atoms with Crippen LogP contribution in [0.5, 0.6) is 0 Å². The van der Waals surface area contributed by atoms with Gasteiger partial charge in [0.1, 0.15) is 10.3 Å². The maximum Gasteiger partial charge on any atom is 0.253 e. The summed E-state index contributed by atoms with van der Waals surface area (Å²) < 4.78 is 28.3. The largest absolute Gasteiger partial charge is 0.274 e. The van der Waals surface area contributed by atoms with Crippen molar-refractivity contribution in [3.05, 3.63) is 59.0 Å². The third-order valence-electron chi connectivity index (χ3n) is 5.86. The van der Waals surface area contributed by atoms with E-state index in [-0.39, 0.29) is 23.1 Å². The summed E-state index contributed by atoms with van der Waals surface area (Å²) in [6.07, 6.45) is 6.84. The number of nitrogens with zero attached hydrogens (tertiary/aromatic N) is 2. The second-order valence-electron chi connectivity index (χ2n) is 8.03. The third-order valence-corrected chi connectivity index (χ3v) is 9.14. The van der Waals surface area contributed by atoms with Gasteiger partial charge < -0.3 is 0 Å². The normalized spacial score (nSPS) is 19.9. The Morgan fingerprint density at radius 3 is 2.55 bits per heavy atom. The minimum absolute atomic E-state index is 0.142. The molecule has 6 nitrogen and oxygen atoms in total. The average molecular weight is 459 g/mol. The number of hydrogen-bond donors (Lipinski definition) is 0. The van der Waals surface area contributed by atoms with Crippen molar-refractivity contribution >= 4 is 38.9 Å². The molecule has 164 valence electrons. The van der Waals surface area contributed by atoms with Gasteiger partial charge in [0, 0.05) is 6.54 Å². The van der Waals surface area contributed by atoms with Gasteiger partial charge in [0.15, 0.2) is 0 Å². The van der Waals surface area contributed by atoms with Gasteiger partial charge in [-0.25, -0.2) is 13.3 Å². The Labute approximate surface area is 187 Å². The Morgan fingerprint density at radius 2 is 1.90 bits per heavy atom. The predicted octanol–water partition coefficient (Wildman–Crippen LogP) is 4.27. The highest BCUT2D eigenvalue weighted by molar-refractivity contribution is 7.91. The number of rotatable bonds is 7. The van der Waals surface area contributed by atoms with Crippen LogP contribution in [0.4, 0.5) is 5.69 Å². The maximum absolute atomic E-state index is 13.4. The van der Waals surface area contributed by atoms with Crippen LogP contribution in [-0.4, -0.2) is 37.1 Å². The zero-order valence-corrected chi connectivity index (χ0v) is 19.1. The fraction of sp³-hybridized carbons (Fsp3) is 0.391. The van der Waals surface area contributed by atoms with E-state index in [1.807, 2.05) is 19.1 Å². The lowest BCUT2D eigenvalue weighted by molar-refractivity contribution is -0.122. The van der Waals surface area contributed by atoms with E-state index >= 15 is 0 Å². The molecule has 4 rings (SSSR count). The van der Waals surface area contributed by atoms with E-state index in [1.54, 1.807) is 29.6 Å². The van der Waals surface area contributed by atoms with E-state index in [2.05, 4.69) is 6.08 Å². The summed E-state index contributed by atoms with van der Waals surface area (Å²) in [5, 5.41) is 1.70. The van der Waals surface area contributed by atoms with Crippen molar-refractivity contribution in [1.82, 2.24) is 4.31 Å². The number of carbonyl (C=O) groups is 2.